The van der Waals surface area contributed by atoms with Crippen molar-refractivity contribution >= 4 is 57.4 Å². The van der Waals surface area contributed by atoms with Crippen LogP contribution < -0.4 is 0 Å². The number of hydrogen-bond acceptors (Lipinski definition) is 1. The Kier molecular flexibility index (Phi) is 4.02. The van der Waals surface area contributed by atoms with E-state index in [1.54, 1.807) is 22.8 Å². The minimum Gasteiger partial charge on any atom is -0.294 e. The van der Waals surface area contributed by atoms with Crippen LogP contribution in [0.4, 0.5) is 4.39 Å². The minimum absolute atomic E-state index is 0.00970. The number of hydrogen-bond donors (Lipinski definition) is 0. The summed E-state index contributed by atoms with van der Waals surface area (Å²) in [7, 11) is 0. The third kappa shape index (κ3) is 2.59. The van der Waals surface area contributed by atoms with E-state index in [9.17, 15) is 4.39 Å². The van der Waals surface area contributed by atoms with Gasteiger partial charge in [0.05, 0.1) is 32.6 Å². The average Bonchev–Trinajstić information content (AvgIpc) is 2.77. The molecule has 0 radical (unpaired) electrons. The summed E-state index contributed by atoms with van der Waals surface area (Å²) in [6.07, 6.45) is 0. The average molecular weight is 364 g/mol. The molecule has 0 saturated heterocycles. The summed E-state index contributed by atoms with van der Waals surface area (Å²) in [4.78, 5) is 4.36. The molecule has 7 heteroatoms. The highest BCUT2D eigenvalue weighted by Crippen LogP contribution is 2.31. The molecule has 0 fully saturated rings. The van der Waals surface area contributed by atoms with Crippen LogP contribution in [-0.4, -0.2) is 9.55 Å². The van der Waals surface area contributed by atoms with Crippen molar-refractivity contribution in [2.75, 3.05) is 0 Å². The molecule has 2 nitrogen and oxygen atoms in total. The highest BCUT2D eigenvalue weighted by Gasteiger charge is 2.16. The molecule has 3 rings (SSSR count). The van der Waals surface area contributed by atoms with Gasteiger partial charge >= 0.3 is 0 Å². The van der Waals surface area contributed by atoms with Gasteiger partial charge in [0.2, 0.25) is 0 Å². The van der Waals surface area contributed by atoms with Crippen LogP contribution in [0.2, 0.25) is 15.1 Å². The number of nitrogens with zero attached hydrogens (tertiary/aromatic N) is 2. The molecule has 0 amide bonds. The second-order valence-electron chi connectivity index (χ2n) is 4.35. The number of fused-ring (bicyclic) bond motifs is 1. The number of imidazole rings is 1. The molecule has 0 spiro atoms. The fourth-order valence-corrected chi connectivity index (χ4v) is 2.97. The van der Waals surface area contributed by atoms with Gasteiger partial charge in [-0.1, -0.05) is 34.8 Å². The van der Waals surface area contributed by atoms with E-state index in [0.29, 0.717) is 32.6 Å². The standard InChI is InChI=1S/C14H7Cl4FN2/c15-6-14-20-11-4-8(17)10(19)5-13(11)21(14)12-2-1-7(16)3-9(12)18/h1-5H,6H2. The van der Waals surface area contributed by atoms with Crippen LogP contribution in [-0.2, 0) is 5.88 Å². The third-order valence-corrected chi connectivity index (χ3v) is 4.10. The number of alkyl halides is 1. The molecule has 0 atom stereocenters. The monoisotopic (exact) mass is 362 g/mol. The normalized spacial score (nSPS) is 11.3. The lowest BCUT2D eigenvalue weighted by Crippen LogP contribution is -2.00. The van der Waals surface area contributed by atoms with E-state index in [1.165, 1.54) is 12.1 Å². The number of halogens is 5. The van der Waals surface area contributed by atoms with Crippen molar-refractivity contribution in [2.45, 2.75) is 5.88 Å². The Labute approximate surface area is 140 Å². The Morgan fingerprint density at radius 3 is 2.48 bits per heavy atom. The minimum atomic E-state index is -0.531. The summed E-state index contributed by atoms with van der Waals surface area (Å²) in [6, 6.07) is 7.80. The van der Waals surface area contributed by atoms with Gasteiger partial charge in [0.15, 0.2) is 0 Å². The summed E-state index contributed by atoms with van der Waals surface area (Å²) in [6.45, 7) is 0. The fourth-order valence-electron chi connectivity index (χ4n) is 2.14. The largest absolute Gasteiger partial charge is 0.294 e. The summed E-state index contributed by atoms with van der Waals surface area (Å²) in [5, 5.41) is 0.939. The maximum absolute atomic E-state index is 13.8. The lowest BCUT2D eigenvalue weighted by molar-refractivity contribution is 0.629. The van der Waals surface area contributed by atoms with Crippen molar-refractivity contribution in [3.8, 4) is 5.69 Å². The zero-order chi connectivity index (χ0) is 15.1. The Morgan fingerprint density at radius 1 is 1.05 bits per heavy atom. The Morgan fingerprint density at radius 2 is 1.81 bits per heavy atom. The van der Waals surface area contributed by atoms with Crippen LogP contribution in [0.5, 0.6) is 0 Å². The van der Waals surface area contributed by atoms with E-state index in [0.717, 1.165) is 0 Å². The molecule has 0 bridgehead atoms. The Hall–Kier alpha value is -1.000. The van der Waals surface area contributed by atoms with Gasteiger partial charge in [0.1, 0.15) is 11.6 Å². The van der Waals surface area contributed by atoms with Crippen molar-refractivity contribution in [3.05, 3.63) is 57.0 Å². The van der Waals surface area contributed by atoms with Gasteiger partial charge in [-0.25, -0.2) is 9.37 Å². The van der Waals surface area contributed by atoms with E-state index in [4.69, 9.17) is 46.4 Å². The maximum Gasteiger partial charge on any atom is 0.144 e. The van der Waals surface area contributed by atoms with Crippen LogP contribution >= 0.6 is 46.4 Å². The Balaban J connectivity index is 2.37. The second kappa shape index (κ2) is 5.65. The SMILES string of the molecule is Fc1cc2c(cc1Cl)nc(CCl)n2-c1ccc(Cl)cc1Cl. The first kappa shape index (κ1) is 14.9. The number of benzene rings is 2. The predicted octanol–water partition coefficient (Wildman–Crippen LogP) is 5.86. The van der Waals surface area contributed by atoms with Gasteiger partial charge in [-0.2, -0.15) is 0 Å². The molecule has 0 aliphatic heterocycles. The molecule has 2 aromatic carbocycles. The first-order valence-electron chi connectivity index (χ1n) is 5.89. The number of aromatic nitrogens is 2. The van der Waals surface area contributed by atoms with Crippen LogP contribution in [0.25, 0.3) is 16.7 Å². The van der Waals surface area contributed by atoms with Crippen molar-refractivity contribution in [3.63, 3.8) is 0 Å². The molecule has 0 unspecified atom stereocenters. The molecule has 0 saturated carbocycles. The van der Waals surface area contributed by atoms with Crippen LogP contribution in [0, 0.1) is 5.82 Å². The molecule has 1 aromatic heterocycles. The lowest BCUT2D eigenvalue weighted by atomic mass is 10.2. The molecular formula is C14H7Cl4FN2. The summed E-state index contributed by atoms with van der Waals surface area (Å²) in [5.74, 6) is 0.154. The van der Waals surface area contributed by atoms with Crippen LogP contribution in [0.15, 0.2) is 30.3 Å². The van der Waals surface area contributed by atoms with E-state index in [1.807, 2.05) is 0 Å². The molecular weight excluding hydrogens is 357 g/mol. The van der Waals surface area contributed by atoms with Crippen molar-refractivity contribution in [1.82, 2.24) is 9.55 Å². The smallest absolute Gasteiger partial charge is 0.144 e. The first-order valence-corrected chi connectivity index (χ1v) is 7.56. The fraction of sp³-hybridized carbons (Fsp3) is 0.0714. The molecule has 3 aromatic rings. The molecule has 21 heavy (non-hydrogen) atoms. The molecule has 0 aliphatic carbocycles. The summed E-state index contributed by atoms with van der Waals surface area (Å²) < 4.78 is 15.5. The lowest BCUT2D eigenvalue weighted by Gasteiger charge is -2.10. The topological polar surface area (TPSA) is 17.8 Å². The first-order chi connectivity index (χ1) is 10.0. The van der Waals surface area contributed by atoms with E-state index < -0.39 is 5.82 Å². The van der Waals surface area contributed by atoms with Crippen LogP contribution in [0.1, 0.15) is 5.82 Å². The van der Waals surface area contributed by atoms with Gasteiger partial charge in [-0.15, -0.1) is 11.6 Å². The van der Waals surface area contributed by atoms with Crippen molar-refractivity contribution < 1.29 is 4.39 Å². The molecule has 0 aliphatic rings. The second-order valence-corrected chi connectivity index (χ2v) is 5.87. The summed E-state index contributed by atoms with van der Waals surface area (Å²) >= 11 is 23.9. The van der Waals surface area contributed by atoms with Gasteiger partial charge < -0.3 is 0 Å². The molecule has 0 N–H and O–H groups in total. The zero-order valence-corrected chi connectivity index (χ0v) is 13.4. The number of rotatable bonds is 2. The van der Waals surface area contributed by atoms with Crippen LogP contribution in [0.3, 0.4) is 0 Å². The van der Waals surface area contributed by atoms with Gasteiger partial charge in [-0.05, 0) is 24.3 Å². The van der Waals surface area contributed by atoms with Gasteiger partial charge in [-0.3, -0.25) is 4.57 Å². The van der Waals surface area contributed by atoms with Gasteiger partial charge in [0, 0.05) is 11.1 Å². The highest BCUT2D eigenvalue weighted by molar-refractivity contribution is 6.36. The van der Waals surface area contributed by atoms with Gasteiger partial charge in [0.25, 0.3) is 0 Å². The summed E-state index contributed by atoms with van der Waals surface area (Å²) in [5.41, 5.74) is 1.71. The van der Waals surface area contributed by atoms with Crippen molar-refractivity contribution in [1.29, 1.82) is 0 Å². The highest BCUT2D eigenvalue weighted by atomic mass is 35.5. The molecule has 108 valence electrons. The quantitative estimate of drug-likeness (QED) is 0.521. The van der Waals surface area contributed by atoms with Crippen molar-refractivity contribution in [2.24, 2.45) is 0 Å². The Bertz CT molecular complexity index is 845. The van der Waals surface area contributed by atoms with E-state index in [2.05, 4.69) is 4.98 Å². The van der Waals surface area contributed by atoms with E-state index >= 15 is 0 Å². The zero-order valence-electron chi connectivity index (χ0n) is 10.4. The molecule has 1 heterocycles. The maximum atomic E-state index is 13.8. The van der Waals surface area contributed by atoms with E-state index in [-0.39, 0.29) is 10.9 Å². The predicted molar refractivity (Wildman–Crippen MR) is 85.6 cm³/mol. The third-order valence-electron chi connectivity index (χ3n) is 3.04.